The van der Waals surface area contributed by atoms with Gasteiger partial charge in [-0.15, -0.1) is 0 Å². The number of rotatable bonds is 5. The minimum absolute atomic E-state index is 0.223. The first-order chi connectivity index (χ1) is 11.9. The van der Waals surface area contributed by atoms with Crippen LogP contribution in [0.15, 0.2) is 42.6 Å². The Bertz CT molecular complexity index is 819. The van der Waals surface area contributed by atoms with Crippen molar-refractivity contribution in [2.24, 2.45) is 0 Å². The minimum atomic E-state index is -0.911. The van der Waals surface area contributed by atoms with E-state index < -0.39 is 24.5 Å². The van der Waals surface area contributed by atoms with Crippen LogP contribution >= 0.6 is 0 Å². The van der Waals surface area contributed by atoms with Crippen LogP contribution in [-0.4, -0.2) is 31.6 Å². The van der Waals surface area contributed by atoms with E-state index in [1.807, 2.05) is 0 Å². The molecule has 0 bridgehead atoms. The first-order valence-electron chi connectivity index (χ1n) is 7.26. The summed E-state index contributed by atoms with van der Waals surface area (Å²) in [5.41, 5.74) is 1.16. The monoisotopic (exact) mass is 344 g/mol. The van der Waals surface area contributed by atoms with Crippen LogP contribution in [0.4, 0.5) is 5.69 Å². The van der Waals surface area contributed by atoms with E-state index in [0.29, 0.717) is 16.0 Å². The number of anilines is 1. The van der Waals surface area contributed by atoms with Crippen molar-refractivity contribution in [2.45, 2.75) is 6.92 Å². The first kappa shape index (κ1) is 17.9. The summed E-state index contributed by atoms with van der Waals surface area (Å²) in [6, 6.07) is 8.94. The molecule has 0 spiro atoms. The smallest absolute Gasteiger partial charge is 0.405 e. The lowest BCUT2D eigenvalue weighted by Gasteiger charge is -2.10. The topological polar surface area (TPSA) is 109 Å². The molecule has 0 unspecified atom stereocenters. The number of nitrogens with zero attached hydrogens (tertiary/aromatic N) is 1. The van der Waals surface area contributed by atoms with Crippen LogP contribution in [-0.2, 0) is 14.3 Å². The second kappa shape index (κ2) is 7.91. The zero-order valence-electron chi connectivity index (χ0n) is 13.6. The third kappa shape index (κ3) is 4.54. The molecule has 0 atom stereocenters. The fourth-order valence-electron chi connectivity index (χ4n) is 1.98. The SMILES string of the molecule is COC(=O)c1ccc(C)c(NC(=O)COC(=O)c2cccc[n+]2[O-])c1. The molecular formula is C17H16N2O6. The number of nitrogens with one attached hydrogen (secondary N) is 1. The van der Waals surface area contributed by atoms with Gasteiger partial charge < -0.3 is 20.0 Å². The largest absolute Gasteiger partial charge is 0.618 e. The third-order valence-corrected chi connectivity index (χ3v) is 3.30. The summed E-state index contributed by atoms with van der Waals surface area (Å²) in [7, 11) is 1.26. The van der Waals surface area contributed by atoms with Gasteiger partial charge in [-0.2, -0.15) is 4.73 Å². The van der Waals surface area contributed by atoms with Gasteiger partial charge in [0, 0.05) is 17.8 Å². The molecule has 2 rings (SSSR count). The van der Waals surface area contributed by atoms with Crippen molar-refractivity contribution in [3.63, 3.8) is 0 Å². The lowest BCUT2D eigenvalue weighted by atomic mass is 10.1. The number of aryl methyl sites for hydroxylation is 1. The van der Waals surface area contributed by atoms with Gasteiger partial charge in [0.1, 0.15) is 0 Å². The summed E-state index contributed by atoms with van der Waals surface area (Å²) in [5, 5.41) is 14.0. The van der Waals surface area contributed by atoms with Crippen molar-refractivity contribution in [1.29, 1.82) is 0 Å². The minimum Gasteiger partial charge on any atom is -0.618 e. The molecule has 0 aliphatic carbocycles. The Balaban J connectivity index is 2.00. The number of esters is 2. The zero-order valence-corrected chi connectivity index (χ0v) is 13.6. The van der Waals surface area contributed by atoms with Crippen LogP contribution in [0.5, 0.6) is 0 Å². The molecule has 0 aliphatic rings. The van der Waals surface area contributed by atoms with E-state index in [1.54, 1.807) is 19.1 Å². The number of methoxy groups -OCH3 is 1. The number of pyridine rings is 1. The number of carbonyl (C=O) groups excluding carboxylic acids is 3. The van der Waals surface area contributed by atoms with E-state index in [2.05, 4.69) is 10.1 Å². The Morgan fingerprint density at radius 3 is 2.60 bits per heavy atom. The van der Waals surface area contributed by atoms with E-state index >= 15 is 0 Å². The molecule has 1 heterocycles. The highest BCUT2D eigenvalue weighted by Gasteiger charge is 2.18. The molecule has 2 aromatic rings. The zero-order chi connectivity index (χ0) is 18.4. The van der Waals surface area contributed by atoms with Crippen LogP contribution in [0.2, 0.25) is 0 Å². The maximum absolute atomic E-state index is 11.9. The molecule has 8 heteroatoms. The van der Waals surface area contributed by atoms with E-state index in [1.165, 1.54) is 31.4 Å². The Labute approximate surface area is 143 Å². The van der Waals surface area contributed by atoms with E-state index in [-0.39, 0.29) is 11.3 Å². The summed E-state index contributed by atoms with van der Waals surface area (Å²) >= 11 is 0. The van der Waals surface area contributed by atoms with Crippen LogP contribution in [0, 0.1) is 12.1 Å². The molecule has 0 saturated heterocycles. The van der Waals surface area contributed by atoms with Gasteiger partial charge in [-0.25, -0.2) is 9.59 Å². The lowest BCUT2D eigenvalue weighted by Crippen LogP contribution is -2.35. The van der Waals surface area contributed by atoms with Crippen molar-refractivity contribution >= 4 is 23.5 Å². The molecule has 0 saturated carbocycles. The van der Waals surface area contributed by atoms with Crippen molar-refractivity contribution in [1.82, 2.24) is 0 Å². The van der Waals surface area contributed by atoms with E-state index in [4.69, 9.17) is 4.74 Å². The molecule has 0 fully saturated rings. The third-order valence-electron chi connectivity index (χ3n) is 3.30. The Morgan fingerprint density at radius 2 is 1.92 bits per heavy atom. The number of benzene rings is 1. The summed E-state index contributed by atoms with van der Waals surface area (Å²) < 4.78 is 9.79. The number of aromatic nitrogens is 1. The van der Waals surface area contributed by atoms with Gasteiger partial charge in [-0.3, -0.25) is 4.79 Å². The second-order valence-corrected chi connectivity index (χ2v) is 5.06. The molecular weight excluding hydrogens is 328 g/mol. The highest BCUT2D eigenvalue weighted by Crippen LogP contribution is 2.17. The van der Waals surface area contributed by atoms with Crippen molar-refractivity contribution in [3.05, 3.63) is 64.6 Å². The summed E-state index contributed by atoms with van der Waals surface area (Å²) in [5.74, 6) is -2.05. The Hall–Kier alpha value is -3.42. The first-order valence-corrected chi connectivity index (χ1v) is 7.26. The maximum atomic E-state index is 11.9. The highest BCUT2D eigenvalue weighted by atomic mass is 16.5. The van der Waals surface area contributed by atoms with Crippen molar-refractivity contribution in [2.75, 3.05) is 19.0 Å². The quantitative estimate of drug-likeness (QED) is 0.496. The van der Waals surface area contributed by atoms with Gasteiger partial charge in [-0.1, -0.05) is 6.07 Å². The van der Waals surface area contributed by atoms with Crippen molar-refractivity contribution in [3.8, 4) is 0 Å². The predicted octanol–water partition coefficient (Wildman–Crippen LogP) is 1.21. The molecule has 1 N–H and O–H groups in total. The normalized spacial score (nSPS) is 10.0. The van der Waals surface area contributed by atoms with Gasteiger partial charge in [-0.05, 0) is 30.7 Å². The van der Waals surface area contributed by atoms with E-state index in [0.717, 1.165) is 6.20 Å². The standard InChI is InChI=1S/C17H16N2O6/c1-11-6-7-12(16(21)24-2)9-13(11)18-15(20)10-25-17(22)14-5-3-4-8-19(14)23/h3-9H,10H2,1-2H3,(H,18,20). The molecule has 8 nitrogen and oxygen atoms in total. The highest BCUT2D eigenvalue weighted by molar-refractivity contribution is 5.97. The van der Waals surface area contributed by atoms with Crippen LogP contribution in [0.3, 0.4) is 0 Å². The maximum Gasteiger partial charge on any atom is 0.405 e. The second-order valence-electron chi connectivity index (χ2n) is 5.06. The fourth-order valence-corrected chi connectivity index (χ4v) is 1.98. The molecule has 1 aromatic carbocycles. The van der Waals surface area contributed by atoms with Crippen LogP contribution < -0.4 is 10.0 Å². The Kier molecular flexibility index (Phi) is 5.67. The average molecular weight is 344 g/mol. The summed E-state index contributed by atoms with van der Waals surface area (Å²) in [6.45, 7) is 1.17. The number of hydrogen-bond donors (Lipinski definition) is 1. The number of hydrogen-bond acceptors (Lipinski definition) is 6. The Morgan fingerprint density at radius 1 is 1.16 bits per heavy atom. The van der Waals surface area contributed by atoms with E-state index in [9.17, 15) is 19.6 Å². The predicted molar refractivity (Wildman–Crippen MR) is 86.8 cm³/mol. The molecule has 130 valence electrons. The average Bonchev–Trinajstić information content (AvgIpc) is 2.61. The number of carbonyl (C=O) groups is 3. The number of amides is 1. The number of ether oxygens (including phenoxy) is 2. The van der Waals surface area contributed by atoms with Crippen LogP contribution in [0.25, 0.3) is 0 Å². The summed E-state index contributed by atoms with van der Waals surface area (Å²) in [4.78, 5) is 35.3. The van der Waals surface area contributed by atoms with Crippen molar-refractivity contribution < 1.29 is 28.6 Å². The lowest BCUT2D eigenvalue weighted by molar-refractivity contribution is -0.608. The van der Waals surface area contributed by atoms with Gasteiger partial charge >= 0.3 is 17.6 Å². The molecule has 1 amide bonds. The van der Waals surface area contributed by atoms with Gasteiger partial charge in [0.2, 0.25) is 0 Å². The summed E-state index contributed by atoms with van der Waals surface area (Å²) in [6.07, 6.45) is 1.15. The van der Waals surface area contributed by atoms with Gasteiger partial charge in [0.15, 0.2) is 12.8 Å². The van der Waals surface area contributed by atoms with Gasteiger partial charge in [0.05, 0.1) is 12.7 Å². The fraction of sp³-hybridized carbons (Fsp3) is 0.176. The molecule has 0 radical (unpaired) electrons. The van der Waals surface area contributed by atoms with Gasteiger partial charge in [0.25, 0.3) is 5.91 Å². The van der Waals surface area contributed by atoms with Crippen LogP contribution in [0.1, 0.15) is 26.4 Å². The molecule has 0 aliphatic heterocycles. The molecule has 1 aromatic heterocycles. The molecule has 25 heavy (non-hydrogen) atoms.